The van der Waals surface area contributed by atoms with Gasteiger partial charge in [-0.1, -0.05) is 43.2 Å². The number of likely N-dealkylation sites (tertiary alicyclic amines) is 1. The zero-order valence-corrected chi connectivity index (χ0v) is 17.6. The highest BCUT2D eigenvalue weighted by Gasteiger charge is 2.25. The van der Waals surface area contributed by atoms with Crippen LogP contribution in [-0.4, -0.2) is 42.7 Å². The Balaban J connectivity index is 0.00000261. The Hall–Kier alpha value is -1.41. The minimum absolute atomic E-state index is 0. The lowest BCUT2D eigenvalue weighted by Crippen LogP contribution is -2.38. The van der Waals surface area contributed by atoms with Crippen molar-refractivity contribution in [2.75, 3.05) is 19.6 Å². The Morgan fingerprint density at radius 2 is 1.74 bits per heavy atom. The highest BCUT2D eigenvalue weighted by Crippen LogP contribution is 2.24. The first-order chi connectivity index (χ1) is 12.5. The summed E-state index contributed by atoms with van der Waals surface area (Å²) in [7, 11) is -1.85. The smallest absolute Gasteiger partial charge is 0.244 e. The maximum atomic E-state index is 12.8. The molecular formula is C19H29ClN4O2S. The van der Waals surface area contributed by atoms with Crippen LogP contribution in [0.15, 0.2) is 41.4 Å². The van der Waals surface area contributed by atoms with Gasteiger partial charge < -0.3 is 0 Å². The van der Waals surface area contributed by atoms with Crippen LogP contribution in [0.3, 0.4) is 0 Å². The number of hydrogen-bond acceptors (Lipinski definition) is 4. The molecule has 0 saturated carbocycles. The van der Waals surface area contributed by atoms with Gasteiger partial charge in [0.1, 0.15) is 4.90 Å². The average molecular weight is 413 g/mol. The lowest BCUT2D eigenvalue weighted by atomic mass is 10.1. The van der Waals surface area contributed by atoms with Crippen LogP contribution < -0.4 is 4.72 Å². The molecule has 1 aromatic heterocycles. The number of aromatic nitrogens is 2. The van der Waals surface area contributed by atoms with E-state index in [2.05, 4.69) is 26.9 Å². The van der Waals surface area contributed by atoms with Crippen molar-refractivity contribution < 1.29 is 8.42 Å². The molecule has 8 heteroatoms. The predicted octanol–water partition coefficient (Wildman–Crippen LogP) is 3.05. The van der Waals surface area contributed by atoms with E-state index in [1.54, 1.807) is 20.2 Å². The summed E-state index contributed by atoms with van der Waals surface area (Å²) in [5, 5.41) is 4.15. The molecule has 0 bridgehead atoms. The van der Waals surface area contributed by atoms with Gasteiger partial charge in [0.2, 0.25) is 10.0 Å². The second-order valence-electron chi connectivity index (χ2n) is 6.98. The predicted molar refractivity (Wildman–Crippen MR) is 110 cm³/mol. The summed E-state index contributed by atoms with van der Waals surface area (Å²) in [6.07, 6.45) is 6.38. The van der Waals surface area contributed by atoms with Gasteiger partial charge in [-0.3, -0.25) is 9.58 Å². The molecule has 3 rings (SSSR count). The Morgan fingerprint density at radius 3 is 2.30 bits per heavy atom. The Morgan fingerprint density at radius 1 is 1.11 bits per heavy atom. The first-order valence-electron chi connectivity index (χ1n) is 9.26. The summed E-state index contributed by atoms with van der Waals surface area (Å²) in [5.41, 5.74) is 1.67. The van der Waals surface area contributed by atoms with E-state index in [1.165, 1.54) is 17.5 Å². The summed E-state index contributed by atoms with van der Waals surface area (Å²) < 4.78 is 29.9. The molecule has 0 spiro atoms. The van der Waals surface area contributed by atoms with E-state index in [9.17, 15) is 8.42 Å². The molecular weight excluding hydrogens is 384 g/mol. The molecule has 1 aliphatic rings. The molecule has 1 saturated heterocycles. The number of nitrogens with zero attached hydrogens (tertiary/aromatic N) is 3. The lowest BCUT2D eigenvalue weighted by molar-refractivity contribution is 0.206. The molecule has 27 heavy (non-hydrogen) atoms. The van der Waals surface area contributed by atoms with Crippen molar-refractivity contribution in [3.05, 3.63) is 47.8 Å². The molecule has 1 aliphatic heterocycles. The minimum atomic E-state index is -3.58. The van der Waals surface area contributed by atoms with Crippen molar-refractivity contribution in [3.63, 3.8) is 0 Å². The lowest BCUT2D eigenvalue weighted by Gasteiger charge is -2.31. The fourth-order valence-corrected chi connectivity index (χ4v) is 4.90. The number of sulfonamides is 1. The molecule has 1 fully saturated rings. The largest absolute Gasteiger partial charge is 0.295 e. The number of halogens is 1. The molecule has 0 aliphatic carbocycles. The van der Waals surface area contributed by atoms with Crippen LogP contribution in [-0.2, 0) is 17.1 Å². The molecule has 0 amide bonds. The van der Waals surface area contributed by atoms with Gasteiger partial charge in [-0.25, -0.2) is 13.1 Å². The van der Waals surface area contributed by atoms with E-state index in [0.717, 1.165) is 31.5 Å². The number of hydrogen-bond donors (Lipinski definition) is 1. The van der Waals surface area contributed by atoms with Crippen LogP contribution in [0.4, 0.5) is 0 Å². The summed E-state index contributed by atoms with van der Waals surface area (Å²) in [6, 6.07) is 10.2. The maximum Gasteiger partial charge on any atom is 0.244 e. The zero-order valence-electron chi connectivity index (χ0n) is 16.0. The standard InChI is InChI=1S/C19H28N4O2S.ClH/c1-16-19(15-22(2)21-16)26(24,25)20-14-18(17-10-6-5-7-11-17)23-12-8-3-4-9-13-23;/h5-7,10-11,15,18,20H,3-4,8-9,12-14H2,1-2H3;1H. The van der Waals surface area contributed by atoms with Crippen molar-refractivity contribution in [3.8, 4) is 0 Å². The number of nitrogens with one attached hydrogen (secondary N) is 1. The third-order valence-electron chi connectivity index (χ3n) is 4.99. The van der Waals surface area contributed by atoms with Crippen molar-refractivity contribution in [2.24, 2.45) is 7.05 Å². The molecule has 1 atom stereocenters. The first kappa shape index (κ1) is 21.9. The van der Waals surface area contributed by atoms with Crippen molar-refractivity contribution in [2.45, 2.75) is 43.5 Å². The van der Waals surface area contributed by atoms with Crippen LogP contribution in [0.5, 0.6) is 0 Å². The second-order valence-corrected chi connectivity index (χ2v) is 8.72. The third kappa shape index (κ3) is 5.54. The first-order valence-corrected chi connectivity index (χ1v) is 10.7. The van der Waals surface area contributed by atoms with Gasteiger partial charge in [0, 0.05) is 25.8 Å². The van der Waals surface area contributed by atoms with E-state index in [-0.39, 0.29) is 23.3 Å². The quantitative estimate of drug-likeness (QED) is 0.791. The van der Waals surface area contributed by atoms with E-state index in [1.807, 2.05) is 18.2 Å². The Bertz CT molecular complexity index is 815. The van der Waals surface area contributed by atoms with E-state index >= 15 is 0 Å². The van der Waals surface area contributed by atoms with Crippen LogP contribution in [0.2, 0.25) is 0 Å². The van der Waals surface area contributed by atoms with Gasteiger partial charge >= 0.3 is 0 Å². The highest BCUT2D eigenvalue weighted by atomic mass is 35.5. The van der Waals surface area contributed by atoms with E-state index < -0.39 is 10.0 Å². The monoisotopic (exact) mass is 412 g/mol. The number of aryl methyl sites for hydroxylation is 2. The topological polar surface area (TPSA) is 67.2 Å². The van der Waals surface area contributed by atoms with Crippen LogP contribution in [0.25, 0.3) is 0 Å². The Labute approximate surface area is 168 Å². The fraction of sp³-hybridized carbons (Fsp3) is 0.526. The zero-order chi connectivity index (χ0) is 18.6. The molecule has 1 aromatic carbocycles. The minimum Gasteiger partial charge on any atom is -0.295 e. The van der Waals surface area contributed by atoms with Crippen molar-refractivity contribution in [1.29, 1.82) is 0 Å². The SMILES string of the molecule is Cc1nn(C)cc1S(=O)(=O)NCC(c1ccccc1)N1CCCCCC1.Cl. The molecule has 0 radical (unpaired) electrons. The molecule has 2 heterocycles. The Kier molecular flexibility index (Phi) is 7.85. The van der Waals surface area contributed by atoms with E-state index in [4.69, 9.17) is 0 Å². The van der Waals surface area contributed by atoms with Crippen molar-refractivity contribution in [1.82, 2.24) is 19.4 Å². The summed E-state index contributed by atoms with van der Waals surface area (Å²) in [4.78, 5) is 2.67. The fourth-order valence-electron chi connectivity index (χ4n) is 3.65. The third-order valence-corrected chi connectivity index (χ3v) is 6.52. The summed E-state index contributed by atoms with van der Waals surface area (Å²) in [6.45, 7) is 4.10. The van der Waals surface area contributed by atoms with E-state index in [0.29, 0.717) is 12.2 Å². The average Bonchev–Trinajstić information content (AvgIpc) is 2.82. The van der Waals surface area contributed by atoms with Gasteiger partial charge in [-0.05, 0) is 38.4 Å². The second kappa shape index (κ2) is 9.68. The van der Waals surface area contributed by atoms with Crippen LogP contribution in [0, 0.1) is 6.92 Å². The molecule has 6 nitrogen and oxygen atoms in total. The maximum absolute atomic E-state index is 12.8. The summed E-state index contributed by atoms with van der Waals surface area (Å²) in [5.74, 6) is 0. The van der Waals surface area contributed by atoms with Crippen LogP contribution >= 0.6 is 12.4 Å². The van der Waals surface area contributed by atoms with Crippen molar-refractivity contribution >= 4 is 22.4 Å². The van der Waals surface area contributed by atoms with Gasteiger partial charge in [0.25, 0.3) is 0 Å². The number of rotatable bonds is 6. The van der Waals surface area contributed by atoms with Gasteiger partial charge in [-0.2, -0.15) is 5.10 Å². The summed E-state index contributed by atoms with van der Waals surface area (Å²) >= 11 is 0. The normalized spacial score (nSPS) is 17.1. The molecule has 150 valence electrons. The molecule has 2 aromatic rings. The molecule has 1 N–H and O–H groups in total. The van der Waals surface area contributed by atoms with Crippen LogP contribution in [0.1, 0.15) is 43.0 Å². The number of benzene rings is 1. The van der Waals surface area contributed by atoms with Gasteiger partial charge in [0.05, 0.1) is 5.69 Å². The highest BCUT2D eigenvalue weighted by molar-refractivity contribution is 7.89. The van der Waals surface area contributed by atoms with Gasteiger partial charge in [0.15, 0.2) is 0 Å². The molecule has 1 unspecified atom stereocenters. The van der Waals surface area contributed by atoms with Gasteiger partial charge in [-0.15, -0.1) is 12.4 Å².